The Morgan fingerprint density at radius 3 is 2.88 bits per heavy atom. The summed E-state index contributed by atoms with van der Waals surface area (Å²) in [7, 11) is 0. The standard InChI is InChI=1S/C19H24N2O3/c1-3-19(23)20-8-9-24-13-16(12-20)10-15-4-5-18-17(11-15)6-7-21(18)14(2)22/h4-7,11,16H,3,8-10,12-13H2,1-2H3/t16-/m0/s1. The zero-order valence-electron chi connectivity index (χ0n) is 14.3. The lowest BCUT2D eigenvalue weighted by Crippen LogP contribution is -2.35. The smallest absolute Gasteiger partial charge is 0.227 e. The third-order valence-electron chi connectivity index (χ3n) is 4.61. The number of amides is 1. The summed E-state index contributed by atoms with van der Waals surface area (Å²) in [6, 6.07) is 8.17. The zero-order valence-corrected chi connectivity index (χ0v) is 14.3. The van der Waals surface area contributed by atoms with Gasteiger partial charge in [-0.25, -0.2) is 0 Å². The van der Waals surface area contributed by atoms with Crippen molar-refractivity contribution in [3.63, 3.8) is 0 Å². The molecule has 0 aliphatic carbocycles. The largest absolute Gasteiger partial charge is 0.379 e. The molecule has 1 saturated heterocycles. The quantitative estimate of drug-likeness (QED) is 0.870. The second-order valence-corrected chi connectivity index (χ2v) is 6.44. The van der Waals surface area contributed by atoms with Gasteiger partial charge >= 0.3 is 0 Å². The lowest BCUT2D eigenvalue weighted by Gasteiger charge is -2.23. The van der Waals surface area contributed by atoms with Crippen LogP contribution in [0.3, 0.4) is 0 Å². The van der Waals surface area contributed by atoms with Crippen LogP contribution in [-0.2, 0) is 16.0 Å². The SMILES string of the molecule is CCC(=O)N1CCOC[C@@H](Cc2ccc3c(ccn3C(C)=O)c2)C1. The molecule has 2 aromatic rings. The number of nitrogens with zero attached hydrogens (tertiary/aromatic N) is 2. The molecule has 5 heteroatoms. The Morgan fingerprint density at radius 1 is 1.29 bits per heavy atom. The van der Waals surface area contributed by atoms with Crippen LogP contribution in [-0.4, -0.2) is 47.6 Å². The van der Waals surface area contributed by atoms with Gasteiger partial charge in [0, 0.05) is 43.9 Å². The first-order chi connectivity index (χ1) is 11.6. The summed E-state index contributed by atoms with van der Waals surface area (Å²) < 4.78 is 7.35. The fourth-order valence-corrected chi connectivity index (χ4v) is 3.38. The number of rotatable bonds is 3. The molecule has 0 saturated carbocycles. The van der Waals surface area contributed by atoms with Crippen LogP contribution in [0.5, 0.6) is 0 Å². The maximum absolute atomic E-state index is 12.0. The molecule has 1 amide bonds. The number of hydrogen-bond acceptors (Lipinski definition) is 3. The zero-order chi connectivity index (χ0) is 17.1. The predicted octanol–water partition coefficient (Wildman–Crippen LogP) is 2.73. The van der Waals surface area contributed by atoms with Crippen molar-refractivity contribution in [2.45, 2.75) is 26.7 Å². The Kier molecular flexibility index (Phi) is 5.00. The highest BCUT2D eigenvalue weighted by Gasteiger charge is 2.22. The molecule has 0 spiro atoms. The predicted molar refractivity (Wildman–Crippen MR) is 93.1 cm³/mol. The van der Waals surface area contributed by atoms with E-state index in [9.17, 15) is 9.59 Å². The molecule has 1 aromatic heterocycles. The van der Waals surface area contributed by atoms with Gasteiger partial charge in [0.1, 0.15) is 0 Å². The van der Waals surface area contributed by atoms with Gasteiger partial charge in [0.05, 0.1) is 18.7 Å². The van der Waals surface area contributed by atoms with Gasteiger partial charge in [-0.05, 0) is 30.2 Å². The summed E-state index contributed by atoms with van der Waals surface area (Å²) in [4.78, 5) is 25.5. The second kappa shape index (κ2) is 7.18. The minimum atomic E-state index is 0.0173. The summed E-state index contributed by atoms with van der Waals surface area (Å²) in [6.07, 6.45) is 3.22. The number of hydrogen-bond donors (Lipinski definition) is 0. The average Bonchev–Trinajstić information content (AvgIpc) is 2.86. The molecule has 1 atom stereocenters. The van der Waals surface area contributed by atoms with E-state index < -0.39 is 0 Å². The van der Waals surface area contributed by atoms with Crippen LogP contribution in [0.25, 0.3) is 10.9 Å². The van der Waals surface area contributed by atoms with Gasteiger partial charge in [-0.15, -0.1) is 0 Å². The number of fused-ring (bicyclic) bond motifs is 1. The molecule has 5 nitrogen and oxygen atoms in total. The molecule has 128 valence electrons. The molecule has 3 rings (SSSR count). The van der Waals surface area contributed by atoms with E-state index >= 15 is 0 Å². The number of ether oxygens (including phenoxy) is 1. The van der Waals surface area contributed by atoms with Gasteiger partial charge < -0.3 is 9.64 Å². The summed E-state index contributed by atoms with van der Waals surface area (Å²) in [5.41, 5.74) is 2.15. The Morgan fingerprint density at radius 2 is 2.12 bits per heavy atom. The van der Waals surface area contributed by atoms with Gasteiger partial charge in [-0.2, -0.15) is 0 Å². The van der Waals surface area contributed by atoms with E-state index in [1.54, 1.807) is 11.5 Å². The molecular weight excluding hydrogens is 304 g/mol. The molecular formula is C19H24N2O3. The molecule has 0 N–H and O–H groups in total. The van der Waals surface area contributed by atoms with Crippen molar-refractivity contribution in [3.05, 3.63) is 36.0 Å². The summed E-state index contributed by atoms with van der Waals surface area (Å²) >= 11 is 0. The molecule has 1 aromatic carbocycles. The van der Waals surface area contributed by atoms with Crippen molar-refractivity contribution in [1.29, 1.82) is 0 Å². The average molecular weight is 328 g/mol. The van der Waals surface area contributed by atoms with Crippen LogP contribution in [0, 0.1) is 5.92 Å². The molecule has 1 aliphatic rings. The molecule has 1 aliphatic heterocycles. The molecule has 0 bridgehead atoms. The van der Waals surface area contributed by atoms with Gasteiger partial charge in [0.2, 0.25) is 11.8 Å². The first-order valence-electron chi connectivity index (χ1n) is 8.55. The van der Waals surface area contributed by atoms with E-state index in [0.29, 0.717) is 32.1 Å². The molecule has 0 unspecified atom stereocenters. The number of aromatic nitrogens is 1. The highest BCUT2D eigenvalue weighted by atomic mass is 16.5. The van der Waals surface area contributed by atoms with Crippen LogP contribution in [0.4, 0.5) is 0 Å². The first-order valence-corrected chi connectivity index (χ1v) is 8.55. The summed E-state index contributed by atoms with van der Waals surface area (Å²) in [6.45, 7) is 6.19. The minimum Gasteiger partial charge on any atom is -0.379 e. The van der Waals surface area contributed by atoms with Crippen LogP contribution >= 0.6 is 0 Å². The van der Waals surface area contributed by atoms with E-state index in [1.807, 2.05) is 30.2 Å². The Bertz CT molecular complexity index is 750. The normalized spacial score (nSPS) is 18.6. The van der Waals surface area contributed by atoms with E-state index in [0.717, 1.165) is 23.9 Å². The van der Waals surface area contributed by atoms with Crippen molar-refractivity contribution < 1.29 is 14.3 Å². The topological polar surface area (TPSA) is 51.5 Å². The summed E-state index contributed by atoms with van der Waals surface area (Å²) in [5.74, 6) is 0.512. The van der Waals surface area contributed by atoms with Crippen LogP contribution in [0.2, 0.25) is 0 Å². The van der Waals surface area contributed by atoms with Crippen LogP contribution in [0.15, 0.2) is 30.5 Å². The molecule has 1 fully saturated rings. The van der Waals surface area contributed by atoms with E-state index in [2.05, 4.69) is 12.1 Å². The van der Waals surface area contributed by atoms with Gasteiger partial charge in [-0.1, -0.05) is 13.0 Å². The van der Waals surface area contributed by atoms with E-state index in [-0.39, 0.29) is 11.8 Å². The lowest BCUT2D eigenvalue weighted by molar-refractivity contribution is -0.131. The van der Waals surface area contributed by atoms with Crippen LogP contribution in [0.1, 0.15) is 30.6 Å². The third-order valence-corrected chi connectivity index (χ3v) is 4.61. The third kappa shape index (κ3) is 3.51. The van der Waals surface area contributed by atoms with Crippen molar-refractivity contribution >= 4 is 22.7 Å². The maximum atomic E-state index is 12.0. The van der Waals surface area contributed by atoms with Gasteiger partial charge in [0.25, 0.3) is 0 Å². The highest BCUT2D eigenvalue weighted by Crippen LogP contribution is 2.21. The fourth-order valence-electron chi connectivity index (χ4n) is 3.38. The number of benzene rings is 1. The minimum absolute atomic E-state index is 0.0173. The van der Waals surface area contributed by atoms with E-state index in [1.165, 1.54) is 5.56 Å². The Labute approximate surface area is 142 Å². The van der Waals surface area contributed by atoms with Gasteiger partial charge in [-0.3, -0.25) is 14.2 Å². The number of carbonyl (C=O) groups is 2. The number of carbonyl (C=O) groups excluding carboxylic acids is 2. The second-order valence-electron chi connectivity index (χ2n) is 6.44. The molecule has 0 radical (unpaired) electrons. The highest BCUT2D eigenvalue weighted by molar-refractivity contribution is 5.91. The fraction of sp³-hybridized carbons (Fsp3) is 0.474. The van der Waals surface area contributed by atoms with Gasteiger partial charge in [0.15, 0.2) is 0 Å². The summed E-state index contributed by atoms with van der Waals surface area (Å²) in [5, 5.41) is 1.07. The Hall–Kier alpha value is -2.14. The molecule has 2 heterocycles. The molecule has 24 heavy (non-hydrogen) atoms. The monoisotopic (exact) mass is 328 g/mol. The van der Waals surface area contributed by atoms with Crippen LogP contribution < -0.4 is 0 Å². The van der Waals surface area contributed by atoms with E-state index in [4.69, 9.17) is 4.74 Å². The van der Waals surface area contributed by atoms with Crippen molar-refractivity contribution in [2.75, 3.05) is 26.3 Å². The van der Waals surface area contributed by atoms with Crippen molar-refractivity contribution in [2.24, 2.45) is 5.92 Å². The maximum Gasteiger partial charge on any atom is 0.227 e. The Balaban J connectivity index is 1.76. The lowest BCUT2D eigenvalue weighted by atomic mass is 9.98. The van der Waals surface area contributed by atoms with Crippen molar-refractivity contribution in [3.8, 4) is 0 Å². The van der Waals surface area contributed by atoms with Crippen molar-refractivity contribution in [1.82, 2.24) is 9.47 Å². The first kappa shape index (κ1) is 16.7.